The molecule has 0 saturated carbocycles. The van der Waals surface area contributed by atoms with Gasteiger partial charge in [0.2, 0.25) is 0 Å². The van der Waals surface area contributed by atoms with Crippen molar-refractivity contribution in [3.63, 3.8) is 0 Å². The van der Waals surface area contributed by atoms with Crippen LogP contribution >= 0.6 is 43.5 Å². The van der Waals surface area contributed by atoms with Gasteiger partial charge in [-0.25, -0.2) is 0 Å². The molecule has 1 N–H and O–H groups in total. The van der Waals surface area contributed by atoms with Gasteiger partial charge in [-0.3, -0.25) is 0 Å². The van der Waals surface area contributed by atoms with E-state index in [4.69, 9.17) is 16.9 Å². The first kappa shape index (κ1) is 14.4. The lowest BCUT2D eigenvalue weighted by atomic mass is 10.2. The van der Waals surface area contributed by atoms with Crippen molar-refractivity contribution in [3.8, 4) is 6.07 Å². The van der Waals surface area contributed by atoms with Crippen LogP contribution in [-0.2, 0) is 6.54 Å². The van der Waals surface area contributed by atoms with Gasteiger partial charge in [0, 0.05) is 21.2 Å². The van der Waals surface area contributed by atoms with Gasteiger partial charge in [0.25, 0.3) is 0 Å². The molecule has 19 heavy (non-hydrogen) atoms. The maximum atomic E-state index is 8.81. The van der Waals surface area contributed by atoms with Gasteiger partial charge in [-0.05, 0) is 67.8 Å². The quantitative estimate of drug-likeness (QED) is 0.754. The van der Waals surface area contributed by atoms with Crippen molar-refractivity contribution in [1.82, 2.24) is 0 Å². The predicted octanol–water partition coefficient (Wildman–Crippen LogP) is 5.35. The molecule has 0 unspecified atom stereocenters. The Kier molecular flexibility index (Phi) is 4.87. The van der Waals surface area contributed by atoms with Crippen LogP contribution < -0.4 is 5.32 Å². The molecule has 0 aliphatic carbocycles. The third kappa shape index (κ3) is 3.73. The van der Waals surface area contributed by atoms with Gasteiger partial charge >= 0.3 is 0 Å². The van der Waals surface area contributed by atoms with E-state index in [0.29, 0.717) is 17.1 Å². The first-order valence-electron chi connectivity index (χ1n) is 5.47. The molecule has 0 aliphatic rings. The Balaban J connectivity index is 2.10. The van der Waals surface area contributed by atoms with Crippen molar-refractivity contribution in [2.45, 2.75) is 6.54 Å². The van der Waals surface area contributed by atoms with E-state index in [9.17, 15) is 0 Å². The molecule has 2 aromatic carbocycles. The van der Waals surface area contributed by atoms with Crippen LogP contribution in [0.3, 0.4) is 0 Å². The molecule has 0 aliphatic heterocycles. The number of nitrogens with zero attached hydrogens (tertiary/aromatic N) is 1. The highest BCUT2D eigenvalue weighted by Gasteiger charge is 2.03. The summed E-state index contributed by atoms with van der Waals surface area (Å²) in [5.41, 5.74) is 2.66. The van der Waals surface area contributed by atoms with Gasteiger partial charge in [-0.15, -0.1) is 0 Å². The summed E-state index contributed by atoms with van der Waals surface area (Å²) in [5.74, 6) is 0. The average Bonchev–Trinajstić information content (AvgIpc) is 2.41. The highest BCUT2D eigenvalue weighted by atomic mass is 79.9. The Hall–Kier alpha value is -1.02. The summed E-state index contributed by atoms with van der Waals surface area (Å²) in [6, 6.07) is 13.4. The Morgan fingerprint density at radius 3 is 2.53 bits per heavy atom. The summed E-state index contributed by atoms with van der Waals surface area (Å²) in [7, 11) is 0. The molecule has 5 heteroatoms. The van der Waals surface area contributed by atoms with Crippen LogP contribution in [0.15, 0.2) is 45.3 Å². The number of nitrogens with one attached hydrogen (secondary N) is 1. The van der Waals surface area contributed by atoms with Gasteiger partial charge in [-0.1, -0.05) is 17.7 Å². The minimum atomic E-state index is 0.629. The molecule has 0 bridgehead atoms. The van der Waals surface area contributed by atoms with Crippen LogP contribution in [-0.4, -0.2) is 0 Å². The molecule has 96 valence electrons. The number of rotatable bonds is 3. The van der Waals surface area contributed by atoms with E-state index < -0.39 is 0 Å². The molecule has 2 nitrogen and oxygen atoms in total. The van der Waals surface area contributed by atoms with E-state index in [2.05, 4.69) is 43.2 Å². The standard InChI is InChI=1S/C14H9Br2ClN2/c15-11-3-1-10(6-13(11)17)8-19-14-4-2-9(7-18)5-12(14)16/h1-6,19H,8H2. The van der Waals surface area contributed by atoms with Gasteiger partial charge in [0.1, 0.15) is 0 Å². The highest BCUT2D eigenvalue weighted by molar-refractivity contribution is 9.11. The minimum absolute atomic E-state index is 0.629. The fraction of sp³-hybridized carbons (Fsp3) is 0.0714. The molecule has 0 amide bonds. The number of hydrogen-bond acceptors (Lipinski definition) is 2. The van der Waals surface area contributed by atoms with Crippen molar-refractivity contribution in [3.05, 3.63) is 61.5 Å². The van der Waals surface area contributed by atoms with E-state index in [1.54, 1.807) is 12.1 Å². The van der Waals surface area contributed by atoms with Crippen LogP contribution in [0.5, 0.6) is 0 Å². The number of hydrogen-bond donors (Lipinski definition) is 1. The number of anilines is 1. The first-order valence-corrected chi connectivity index (χ1v) is 7.44. The zero-order valence-corrected chi connectivity index (χ0v) is 13.7. The minimum Gasteiger partial charge on any atom is -0.380 e. The summed E-state index contributed by atoms with van der Waals surface area (Å²) in [4.78, 5) is 0. The normalized spacial score (nSPS) is 10.0. The van der Waals surface area contributed by atoms with Crippen molar-refractivity contribution in [2.75, 3.05) is 5.32 Å². The monoisotopic (exact) mass is 398 g/mol. The largest absolute Gasteiger partial charge is 0.380 e. The molecule has 0 atom stereocenters. The summed E-state index contributed by atoms with van der Waals surface area (Å²) < 4.78 is 1.76. The molecule has 0 heterocycles. The Morgan fingerprint density at radius 1 is 1.11 bits per heavy atom. The molecule has 2 rings (SSSR count). The van der Waals surface area contributed by atoms with Crippen LogP contribution in [0.2, 0.25) is 5.02 Å². The van der Waals surface area contributed by atoms with Crippen molar-refractivity contribution >= 4 is 49.1 Å². The molecule has 2 aromatic rings. The van der Waals surface area contributed by atoms with Crippen molar-refractivity contribution in [2.24, 2.45) is 0 Å². The van der Waals surface area contributed by atoms with Gasteiger partial charge < -0.3 is 5.32 Å². The van der Waals surface area contributed by atoms with Crippen LogP contribution in [0.25, 0.3) is 0 Å². The van der Waals surface area contributed by atoms with Crippen LogP contribution in [0.1, 0.15) is 11.1 Å². The molecule has 0 spiro atoms. The second kappa shape index (κ2) is 6.42. The third-order valence-electron chi connectivity index (χ3n) is 2.57. The van der Waals surface area contributed by atoms with Crippen molar-refractivity contribution < 1.29 is 0 Å². The van der Waals surface area contributed by atoms with E-state index in [-0.39, 0.29) is 0 Å². The number of halogens is 3. The van der Waals surface area contributed by atoms with E-state index in [0.717, 1.165) is 20.2 Å². The Morgan fingerprint density at radius 2 is 1.89 bits per heavy atom. The van der Waals surface area contributed by atoms with Crippen LogP contribution in [0.4, 0.5) is 5.69 Å². The second-order valence-electron chi connectivity index (χ2n) is 3.91. The summed E-state index contributed by atoms with van der Waals surface area (Å²) >= 11 is 12.8. The Labute approximate surface area is 133 Å². The number of benzene rings is 2. The Bertz CT molecular complexity index is 650. The summed E-state index contributed by atoms with van der Waals surface area (Å²) in [5, 5.41) is 12.8. The van der Waals surface area contributed by atoms with Gasteiger partial charge in [-0.2, -0.15) is 5.26 Å². The smallest absolute Gasteiger partial charge is 0.0992 e. The molecular formula is C14H9Br2ClN2. The lowest BCUT2D eigenvalue weighted by molar-refractivity contribution is 1.14. The third-order valence-corrected chi connectivity index (χ3v) is 4.45. The lowest BCUT2D eigenvalue weighted by Gasteiger charge is -2.09. The second-order valence-corrected chi connectivity index (χ2v) is 6.02. The van der Waals surface area contributed by atoms with E-state index in [1.807, 2.05) is 24.3 Å². The lowest BCUT2D eigenvalue weighted by Crippen LogP contribution is -2.00. The molecular weight excluding hydrogens is 391 g/mol. The molecule has 0 fully saturated rings. The average molecular weight is 401 g/mol. The maximum absolute atomic E-state index is 8.81. The van der Waals surface area contributed by atoms with Crippen LogP contribution in [0, 0.1) is 11.3 Å². The fourth-order valence-electron chi connectivity index (χ4n) is 1.57. The maximum Gasteiger partial charge on any atom is 0.0992 e. The van der Waals surface area contributed by atoms with Gasteiger partial charge in [0.05, 0.1) is 16.7 Å². The summed E-state index contributed by atoms with van der Waals surface area (Å²) in [6.45, 7) is 0.664. The molecule has 0 radical (unpaired) electrons. The highest BCUT2D eigenvalue weighted by Crippen LogP contribution is 2.26. The summed E-state index contributed by atoms with van der Waals surface area (Å²) in [6.07, 6.45) is 0. The zero-order chi connectivity index (χ0) is 13.8. The molecule has 0 saturated heterocycles. The van der Waals surface area contributed by atoms with E-state index in [1.165, 1.54) is 0 Å². The van der Waals surface area contributed by atoms with E-state index >= 15 is 0 Å². The molecule has 0 aromatic heterocycles. The fourth-order valence-corrected chi connectivity index (χ4v) is 2.54. The predicted molar refractivity (Wildman–Crippen MR) is 85.3 cm³/mol. The van der Waals surface area contributed by atoms with Gasteiger partial charge in [0.15, 0.2) is 0 Å². The topological polar surface area (TPSA) is 35.8 Å². The SMILES string of the molecule is N#Cc1ccc(NCc2ccc(Br)c(Cl)c2)c(Br)c1. The zero-order valence-electron chi connectivity index (χ0n) is 9.75. The first-order chi connectivity index (χ1) is 9.10. The van der Waals surface area contributed by atoms with Crippen molar-refractivity contribution in [1.29, 1.82) is 5.26 Å². The number of nitriles is 1.